The molecule has 4 nitrogen and oxygen atoms in total. The van der Waals surface area contributed by atoms with Gasteiger partial charge in [0.05, 0.1) is 11.6 Å². The van der Waals surface area contributed by atoms with Crippen LogP contribution in [0.15, 0.2) is 18.2 Å². The topological polar surface area (TPSA) is 39.9 Å². The number of ether oxygens (including phenoxy) is 1. The van der Waals surface area contributed by atoms with Gasteiger partial charge in [-0.1, -0.05) is 16.8 Å². The number of fused-ring (bicyclic) bond motifs is 1. The molecule has 0 atom stereocenters. The van der Waals surface area contributed by atoms with Gasteiger partial charge < -0.3 is 4.74 Å². The normalized spacial score (nSPS) is 18.1. The first-order valence-corrected chi connectivity index (χ1v) is 5.80. The fourth-order valence-corrected chi connectivity index (χ4v) is 2.28. The molecule has 0 bridgehead atoms. The number of halogens is 1. The van der Waals surface area contributed by atoms with Gasteiger partial charge in [-0.2, -0.15) is 0 Å². The van der Waals surface area contributed by atoms with Crippen molar-refractivity contribution in [2.24, 2.45) is 0 Å². The zero-order valence-corrected chi connectivity index (χ0v) is 9.52. The van der Waals surface area contributed by atoms with Crippen molar-refractivity contribution in [3.8, 4) is 0 Å². The van der Waals surface area contributed by atoms with Gasteiger partial charge in [-0.25, -0.2) is 4.68 Å². The largest absolute Gasteiger partial charge is 0.381 e. The average Bonchev–Trinajstić information content (AvgIpc) is 2.73. The van der Waals surface area contributed by atoms with E-state index in [0.717, 1.165) is 37.1 Å². The molecule has 1 aliphatic rings. The van der Waals surface area contributed by atoms with Crippen LogP contribution >= 0.6 is 11.6 Å². The molecule has 1 aromatic heterocycles. The maximum absolute atomic E-state index is 5.92. The minimum atomic E-state index is 0.403. The fourth-order valence-electron chi connectivity index (χ4n) is 2.11. The van der Waals surface area contributed by atoms with E-state index in [-0.39, 0.29) is 0 Å². The van der Waals surface area contributed by atoms with Crippen LogP contribution in [-0.4, -0.2) is 28.2 Å². The third-order valence-corrected chi connectivity index (χ3v) is 3.20. The van der Waals surface area contributed by atoms with Gasteiger partial charge in [-0.3, -0.25) is 0 Å². The van der Waals surface area contributed by atoms with Crippen LogP contribution in [0.25, 0.3) is 11.0 Å². The molecule has 0 saturated carbocycles. The van der Waals surface area contributed by atoms with Crippen molar-refractivity contribution in [3.05, 3.63) is 23.2 Å². The van der Waals surface area contributed by atoms with Crippen LogP contribution in [0.5, 0.6) is 0 Å². The molecule has 1 aliphatic heterocycles. The molecule has 84 valence electrons. The highest BCUT2D eigenvalue weighted by Crippen LogP contribution is 2.25. The molecule has 2 heterocycles. The molecular formula is C11H12ClN3O. The summed E-state index contributed by atoms with van der Waals surface area (Å²) in [5.74, 6) is 0. The van der Waals surface area contributed by atoms with E-state index in [9.17, 15) is 0 Å². The molecule has 0 amide bonds. The minimum absolute atomic E-state index is 0.403. The van der Waals surface area contributed by atoms with E-state index in [1.807, 2.05) is 22.9 Å². The second-order valence-corrected chi connectivity index (χ2v) is 4.45. The van der Waals surface area contributed by atoms with Crippen molar-refractivity contribution in [3.63, 3.8) is 0 Å². The maximum Gasteiger partial charge on any atom is 0.114 e. The van der Waals surface area contributed by atoms with Crippen LogP contribution in [-0.2, 0) is 4.74 Å². The lowest BCUT2D eigenvalue weighted by molar-refractivity contribution is 0.0669. The molecule has 2 aromatic rings. The number of nitrogens with zero attached hydrogens (tertiary/aromatic N) is 3. The average molecular weight is 238 g/mol. The van der Waals surface area contributed by atoms with Gasteiger partial charge in [-0.05, 0) is 31.0 Å². The van der Waals surface area contributed by atoms with Gasteiger partial charge in [-0.15, -0.1) is 5.10 Å². The van der Waals surface area contributed by atoms with E-state index >= 15 is 0 Å². The molecule has 0 spiro atoms. The number of benzene rings is 1. The van der Waals surface area contributed by atoms with Crippen LogP contribution in [0, 0.1) is 0 Å². The Bertz CT molecular complexity index is 505. The lowest BCUT2D eigenvalue weighted by Crippen LogP contribution is -2.20. The SMILES string of the molecule is Clc1ccc2c(c1)nnn2C1CCOCC1. The summed E-state index contributed by atoms with van der Waals surface area (Å²) in [6.45, 7) is 1.61. The molecule has 0 unspecified atom stereocenters. The molecule has 1 aromatic carbocycles. The summed E-state index contributed by atoms with van der Waals surface area (Å²) in [6, 6.07) is 6.11. The number of hydrogen-bond donors (Lipinski definition) is 0. The molecule has 3 rings (SSSR count). The predicted octanol–water partition coefficient (Wildman–Crippen LogP) is 2.44. The first kappa shape index (κ1) is 10.1. The summed E-state index contributed by atoms with van der Waals surface area (Å²) in [5, 5.41) is 9.06. The zero-order chi connectivity index (χ0) is 11.0. The monoisotopic (exact) mass is 237 g/mol. The Hall–Kier alpha value is -1.13. The van der Waals surface area contributed by atoms with Crippen molar-refractivity contribution in [1.82, 2.24) is 15.0 Å². The predicted molar refractivity (Wildman–Crippen MR) is 61.6 cm³/mol. The lowest BCUT2D eigenvalue weighted by Gasteiger charge is -2.22. The summed E-state index contributed by atoms with van der Waals surface area (Å²) >= 11 is 5.92. The molecule has 0 radical (unpaired) electrons. The minimum Gasteiger partial charge on any atom is -0.381 e. The fraction of sp³-hybridized carbons (Fsp3) is 0.455. The molecule has 0 aliphatic carbocycles. The first-order valence-electron chi connectivity index (χ1n) is 5.43. The quantitative estimate of drug-likeness (QED) is 0.765. The van der Waals surface area contributed by atoms with Crippen molar-refractivity contribution >= 4 is 22.6 Å². The third kappa shape index (κ3) is 1.68. The summed E-state index contributed by atoms with van der Waals surface area (Å²) in [5.41, 5.74) is 1.91. The van der Waals surface area contributed by atoms with E-state index in [1.165, 1.54) is 0 Å². The van der Waals surface area contributed by atoms with Crippen molar-refractivity contribution < 1.29 is 4.74 Å². The molecular weight excluding hydrogens is 226 g/mol. The van der Waals surface area contributed by atoms with Crippen LogP contribution in [0.1, 0.15) is 18.9 Å². The molecule has 0 N–H and O–H groups in total. The Morgan fingerprint density at radius 1 is 1.31 bits per heavy atom. The van der Waals surface area contributed by atoms with Crippen LogP contribution in [0.4, 0.5) is 0 Å². The van der Waals surface area contributed by atoms with E-state index < -0.39 is 0 Å². The van der Waals surface area contributed by atoms with Gasteiger partial charge >= 0.3 is 0 Å². The Kier molecular flexibility index (Phi) is 2.53. The first-order chi connectivity index (χ1) is 7.84. The lowest BCUT2D eigenvalue weighted by atomic mass is 10.1. The van der Waals surface area contributed by atoms with Gasteiger partial charge in [0.2, 0.25) is 0 Å². The van der Waals surface area contributed by atoms with Crippen LogP contribution in [0.3, 0.4) is 0 Å². The highest BCUT2D eigenvalue weighted by Gasteiger charge is 2.18. The smallest absolute Gasteiger partial charge is 0.114 e. The third-order valence-electron chi connectivity index (χ3n) is 2.97. The standard InChI is InChI=1S/C11H12ClN3O/c12-8-1-2-11-10(7-8)13-14-15(11)9-3-5-16-6-4-9/h1-2,7,9H,3-6H2. The highest BCUT2D eigenvalue weighted by molar-refractivity contribution is 6.31. The van der Waals surface area contributed by atoms with Crippen molar-refractivity contribution in [1.29, 1.82) is 0 Å². The van der Waals surface area contributed by atoms with E-state index in [2.05, 4.69) is 10.3 Å². The number of aromatic nitrogens is 3. The van der Waals surface area contributed by atoms with Crippen molar-refractivity contribution in [2.45, 2.75) is 18.9 Å². The van der Waals surface area contributed by atoms with Crippen molar-refractivity contribution in [2.75, 3.05) is 13.2 Å². The summed E-state index contributed by atoms with van der Waals surface area (Å²) < 4.78 is 7.34. The maximum atomic E-state index is 5.92. The van der Waals surface area contributed by atoms with Gasteiger partial charge in [0.1, 0.15) is 5.52 Å². The Morgan fingerprint density at radius 2 is 2.12 bits per heavy atom. The Morgan fingerprint density at radius 3 is 2.94 bits per heavy atom. The number of rotatable bonds is 1. The summed E-state index contributed by atoms with van der Waals surface area (Å²) in [6.07, 6.45) is 2.00. The van der Waals surface area contributed by atoms with Gasteiger partial charge in [0.15, 0.2) is 0 Å². The highest BCUT2D eigenvalue weighted by atomic mass is 35.5. The van der Waals surface area contributed by atoms with Gasteiger partial charge in [0, 0.05) is 18.2 Å². The molecule has 16 heavy (non-hydrogen) atoms. The van der Waals surface area contributed by atoms with Crippen LogP contribution in [0.2, 0.25) is 5.02 Å². The van der Waals surface area contributed by atoms with E-state index in [1.54, 1.807) is 0 Å². The van der Waals surface area contributed by atoms with E-state index in [0.29, 0.717) is 11.1 Å². The Labute approximate surface area is 98.1 Å². The Balaban J connectivity index is 2.03. The zero-order valence-electron chi connectivity index (χ0n) is 8.77. The molecule has 1 saturated heterocycles. The second kappa shape index (κ2) is 4.03. The van der Waals surface area contributed by atoms with E-state index in [4.69, 9.17) is 16.3 Å². The number of hydrogen-bond acceptors (Lipinski definition) is 3. The summed E-state index contributed by atoms with van der Waals surface area (Å²) in [7, 11) is 0. The molecule has 5 heteroatoms. The van der Waals surface area contributed by atoms with Crippen LogP contribution < -0.4 is 0 Å². The van der Waals surface area contributed by atoms with Gasteiger partial charge in [0.25, 0.3) is 0 Å². The molecule has 1 fully saturated rings. The second-order valence-electron chi connectivity index (χ2n) is 4.01. The summed E-state index contributed by atoms with van der Waals surface area (Å²) in [4.78, 5) is 0.